The molecule has 0 radical (unpaired) electrons. The van der Waals surface area contributed by atoms with Gasteiger partial charge in [-0.3, -0.25) is 9.78 Å². The van der Waals surface area contributed by atoms with Gasteiger partial charge in [0.15, 0.2) is 0 Å². The van der Waals surface area contributed by atoms with Gasteiger partial charge in [0.25, 0.3) is 0 Å². The Kier molecular flexibility index (Phi) is 5.21. The summed E-state index contributed by atoms with van der Waals surface area (Å²) in [6.45, 7) is 1.34. The molecule has 2 fully saturated rings. The number of benzene rings is 2. The number of carbonyl (C=O) groups is 1. The van der Waals surface area contributed by atoms with Crippen molar-refractivity contribution in [3.05, 3.63) is 77.7 Å². The van der Waals surface area contributed by atoms with Gasteiger partial charge in [-0.05, 0) is 48.9 Å². The number of amides is 1. The van der Waals surface area contributed by atoms with Crippen LogP contribution in [0.4, 0.5) is 4.39 Å². The number of hydrogen-bond acceptors (Lipinski definition) is 3. The van der Waals surface area contributed by atoms with Crippen LogP contribution in [0.15, 0.2) is 60.8 Å². The Morgan fingerprint density at radius 1 is 1.10 bits per heavy atom. The van der Waals surface area contributed by atoms with E-state index in [4.69, 9.17) is 4.74 Å². The van der Waals surface area contributed by atoms with Crippen molar-refractivity contribution in [3.8, 4) is 0 Å². The SMILES string of the molecule is O=C1CCCN1[C@@H](c1ccc(F)cc1)[C@@H](OCC1CC1)c1cccc2cccnc12. The van der Waals surface area contributed by atoms with Crippen molar-refractivity contribution >= 4 is 16.8 Å². The Morgan fingerprint density at radius 3 is 2.63 bits per heavy atom. The van der Waals surface area contributed by atoms with E-state index < -0.39 is 0 Å². The van der Waals surface area contributed by atoms with Gasteiger partial charge in [0.2, 0.25) is 5.91 Å². The fourth-order valence-corrected chi connectivity index (χ4v) is 4.37. The van der Waals surface area contributed by atoms with Crippen molar-refractivity contribution in [3.63, 3.8) is 0 Å². The van der Waals surface area contributed by atoms with E-state index in [1.165, 1.54) is 25.0 Å². The first-order valence-corrected chi connectivity index (χ1v) is 10.7. The Balaban J connectivity index is 1.63. The zero-order chi connectivity index (χ0) is 20.5. The summed E-state index contributed by atoms with van der Waals surface area (Å²) in [4.78, 5) is 19.3. The largest absolute Gasteiger partial charge is 0.371 e. The fourth-order valence-electron chi connectivity index (χ4n) is 4.37. The molecule has 0 unspecified atom stereocenters. The number of halogens is 1. The molecule has 2 heterocycles. The molecule has 1 saturated carbocycles. The van der Waals surface area contributed by atoms with Crippen LogP contribution in [0.25, 0.3) is 10.9 Å². The Morgan fingerprint density at radius 2 is 1.90 bits per heavy atom. The summed E-state index contributed by atoms with van der Waals surface area (Å²) < 4.78 is 20.2. The molecule has 0 spiro atoms. The number of pyridine rings is 1. The highest BCUT2D eigenvalue weighted by Crippen LogP contribution is 2.42. The second-order valence-electron chi connectivity index (χ2n) is 8.31. The van der Waals surface area contributed by atoms with Crippen molar-refractivity contribution in [2.75, 3.05) is 13.2 Å². The van der Waals surface area contributed by atoms with Gasteiger partial charge in [-0.2, -0.15) is 0 Å². The van der Waals surface area contributed by atoms with Crippen LogP contribution in [0.3, 0.4) is 0 Å². The quantitative estimate of drug-likeness (QED) is 0.543. The summed E-state index contributed by atoms with van der Waals surface area (Å²) in [5.41, 5.74) is 2.75. The van der Waals surface area contributed by atoms with E-state index in [0.29, 0.717) is 25.5 Å². The first kappa shape index (κ1) is 19.2. The molecule has 1 aliphatic heterocycles. The monoisotopic (exact) mass is 404 g/mol. The van der Waals surface area contributed by atoms with E-state index in [0.717, 1.165) is 28.5 Å². The zero-order valence-electron chi connectivity index (χ0n) is 16.8. The van der Waals surface area contributed by atoms with E-state index in [9.17, 15) is 9.18 Å². The smallest absolute Gasteiger partial charge is 0.223 e. The van der Waals surface area contributed by atoms with Crippen LogP contribution in [-0.4, -0.2) is 28.9 Å². The molecule has 154 valence electrons. The Hall–Kier alpha value is -2.79. The number of aromatic nitrogens is 1. The minimum absolute atomic E-state index is 0.123. The highest BCUT2D eigenvalue weighted by atomic mass is 19.1. The average Bonchev–Trinajstić information content (AvgIpc) is 3.51. The van der Waals surface area contributed by atoms with Crippen LogP contribution in [0.1, 0.15) is 49.0 Å². The second kappa shape index (κ2) is 8.15. The zero-order valence-corrected chi connectivity index (χ0v) is 16.8. The predicted octanol–water partition coefficient (Wildman–Crippen LogP) is 5.21. The lowest BCUT2D eigenvalue weighted by molar-refractivity contribution is -0.133. The van der Waals surface area contributed by atoms with Crippen LogP contribution in [0, 0.1) is 11.7 Å². The lowest BCUT2D eigenvalue weighted by Gasteiger charge is -2.35. The maximum Gasteiger partial charge on any atom is 0.223 e. The Labute approximate surface area is 175 Å². The maximum absolute atomic E-state index is 13.7. The average molecular weight is 404 g/mol. The van der Waals surface area contributed by atoms with Gasteiger partial charge in [-0.15, -0.1) is 0 Å². The summed E-state index contributed by atoms with van der Waals surface area (Å²) in [6.07, 6.45) is 5.17. The van der Waals surface area contributed by atoms with Crippen molar-refractivity contribution in [1.29, 1.82) is 0 Å². The van der Waals surface area contributed by atoms with Gasteiger partial charge in [0.1, 0.15) is 11.9 Å². The van der Waals surface area contributed by atoms with Gasteiger partial charge >= 0.3 is 0 Å². The van der Waals surface area contributed by atoms with Crippen molar-refractivity contribution in [2.24, 2.45) is 5.92 Å². The van der Waals surface area contributed by atoms with Crippen molar-refractivity contribution in [2.45, 2.75) is 37.8 Å². The topological polar surface area (TPSA) is 42.4 Å². The number of hydrogen-bond donors (Lipinski definition) is 0. The maximum atomic E-state index is 13.7. The molecule has 1 aliphatic carbocycles. The van der Waals surface area contributed by atoms with E-state index in [-0.39, 0.29) is 23.9 Å². The lowest BCUT2D eigenvalue weighted by Crippen LogP contribution is -2.35. The fraction of sp³-hybridized carbons (Fsp3) is 0.360. The number of likely N-dealkylation sites (tertiary alicyclic amines) is 1. The lowest BCUT2D eigenvalue weighted by atomic mass is 9.92. The van der Waals surface area contributed by atoms with Crippen LogP contribution >= 0.6 is 0 Å². The third-order valence-electron chi connectivity index (χ3n) is 6.12. The number of rotatable bonds is 7. The van der Waals surface area contributed by atoms with E-state index >= 15 is 0 Å². The molecule has 2 aliphatic rings. The van der Waals surface area contributed by atoms with E-state index in [2.05, 4.69) is 4.98 Å². The summed E-state index contributed by atoms with van der Waals surface area (Å²) in [5.74, 6) is 0.420. The van der Waals surface area contributed by atoms with Crippen LogP contribution < -0.4 is 0 Å². The summed E-state index contributed by atoms with van der Waals surface area (Å²) >= 11 is 0. The number of ether oxygens (including phenoxy) is 1. The first-order chi connectivity index (χ1) is 14.7. The predicted molar refractivity (Wildman–Crippen MR) is 113 cm³/mol. The molecule has 0 N–H and O–H groups in total. The van der Waals surface area contributed by atoms with Crippen molar-refractivity contribution < 1.29 is 13.9 Å². The molecule has 1 saturated heterocycles. The molecular weight excluding hydrogens is 379 g/mol. The molecule has 0 bridgehead atoms. The molecular formula is C25H25FN2O2. The number of para-hydroxylation sites is 1. The van der Waals surface area contributed by atoms with Crippen LogP contribution in [-0.2, 0) is 9.53 Å². The molecule has 30 heavy (non-hydrogen) atoms. The first-order valence-electron chi connectivity index (χ1n) is 10.7. The Bertz CT molecular complexity index is 1040. The molecule has 5 rings (SSSR count). The van der Waals surface area contributed by atoms with E-state index in [1.54, 1.807) is 18.3 Å². The highest BCUT2D eigenvalue weighted by molar-refractivity contribution is 5.82. The molecule has 2 aromatic carbocycles. The summed E-state index contributed by atoms with van der Waals surface area (Å²) in [7, 11) is 0. The third kappa shape index (κ3) is 3.82. The molecule has 1 aromatic heterocycles. The molecule has 4 nitrogen and oxygen atoms in total. The summed E-state index contributed by atoms with van der Waals surface area (Å²) in [6, 6.07) is 16.2. The number of carbonyl (C=O) groups excluding carboxylic acids is 1. The highest BCUT2D eigenvalue weighted by Gasteiger charge is 2.38. The normalized spacial score (nSPS) is 18.7. The number of fused-ring (bicyclic) bond motifs is 1. The van der Waals surface area contributed by atoms with Crippen LogP contribution in [0.2, 0.25) is 0 Å². The van der Waals surface area contributed by atoms with Gasteiger partial charge in [-0.25, -0.2) is 4.39 Å². The standard InChI is InChI=1S/C25H25FN2O2/c26-20-12-10-19(11-13-20)24(28-15-3-7-22(28)29)25(30-16-17-8-9-17)21-6-1-4-18-5-2-14-27-23(18)21/h1-2,4-6,10-14,17,24-25H,3,7-9,15-16H2/t24-,25-/m0/s1. The number of nitrogens with zero attached hydrogens (tertiary/aromatic N) is 2. The van der Waals surface area contributed by atoms with Gasteiger partial charge in [0.05, 0.1) is 18.2 Å². The summed E-state index contributed by atoms with van der Waals surface area (Å²) in [5, 5.41) is 1.04. The van der Waals surface area contributed by atoms with Gasteiger partial charge in [-0.1, -0.05) is 36.4 Å². The molecule has 3 aromatic rings. The molecule has 5 heteroatoms. The van der Waals surface area contributed by atoms with E-state index in [1.807, 2.05) is 35.2 Å². The molecule has 2 atom stereocenters. The van der Waals surface area contributed by atoms with Gasteiger partial charge < -0.3 is 9.64 Å². The van der Waals surface area contributed by atoms with Crippen LogP contribution in [0.5, 0.6) is 0 Å². The van der Waals surface area contributed by atoms with Crippen molar-refractivity contribution in [1.82, 2.24) is 9.88 Å². The second-order valence-corrected chi connectivity index (χ2v) is 8.31. The third-order valence-corrected chi connectivity index (χ3v) is 6.12. The minimum atomic E-state index is -0.364. The molecule has 1 amide bonds. The minimum Gasteiger partial charge on any atom is -0.371 e. The van der Waals surface area contributed by atoms with Gasteiger partial charge in [0, 0.05) is 30.1 Å².